The third-order valence-electron chi connectivity index (χ3n) is 6.85. The molecule has 9 heteroatoms. The monoisotopic (exact) mass is 572 g/mol. The minimum Gasteiger partial charge on any atom is -0.480 e. The summed E-state index contributed by atoms with van der Waals surface area (Å²) in [5.74, 6) is -2.84. The normalized spacial score (nSPS) is 12.9. The number of hydrogen-bond acceptors (Lipinski definition) is 6. The lowest BCUT2D eigenvalue weighted by molar-refractivity contribution is -0.150. The van der Waals surface area contributed by atoms with Gasteiger partial charge >= 0.3 is 18.0 Å². The zero-order valence-corrected chi connectivity index (χ0v) is 24.0. The highest BCUT2D eigenvalue weighted by Crippen LogP contribution is 2.44. The summed E-state index contributed by atoms with van der Waals surface area (Å²) >= 11 is 0. The number of esters is 1. The van der Waals surface area contributed by atoms with Crippen molar-refractivity contribution in [3.05, 3.63) is 95.6 Å². The Balaban J connectivity index is 1.48. The fraction of sp³-hybridized carbons (Fsp3) is 0.333. The van der Waals surface area contributed by atoms with Crippen molar-refractivity contribution >= 4 is 23.9 Å². The topological polar surface area (TPSA) is 122 Å². The first kappa shape index (κ1) is 30.3. The third-order valence-corrected chi connectivity index (χ3v) is 6.85. The van der Waals surface area contributed by atoms with Gasteiger partial charge in [0.15, 0.2) is 0 Å². The van der Waals surface area contributed by atoms with E-state index >= 15 is 0 Å². The van der Waals surface area contributed by atoms with Crippen molar-refractivity contribution in [1.29, 1.82) is 0 Å². The molecule has 0 bridgehead atoms. The van der Waals surface area contributed by atoms with E-state index in [1.54, 1.807) is 12.1 Å². The number of benzene rings is 3. The number of aliphatic carboxylic acids is 1. The molecular formula is C33H36N2O7. The average Bonchev–Trinajstić information content (AvgIpc) is 3.27. The van der Waals surface area contributed by atoms with Gasteiger partial charge in [-0.25, -0.2) is 4.79 Å². The number of fused-ring (bicyclic) bond motifs is 3. The predicted molar refractivity (Wildman–Crippen MR) is 157 cm³/mol. The number of carbonyl (C=O) groups is 4. The van der Waals surface area contributed by atoms with E-state index in [0.717, 1.165) is 32.7 Å². The van der Waals surface area contributed by atoms with Crippen LogP contribution in [0, 0.1) is 5.41 Å². The summed E-state index contributed by atoms with van der Waals surface area (Å²) in [5, 5.41) is 12.0. The molecule has 1 atom stereocenters. The van der Waals surface area contributed by atoms with Crippen molar-refractivity contribution in [3.8, 4) is 11.1 Å². The first-order chi connectivity index (χ1) is 20.0. The molecular weight excluding hydrogens is 536 g/mol. The highest BCUT2D eigenvalue weighted by molar-refractivity contribution is 5.91. The highest BCUT2D eigenvalue weighted by atomic mass is 16.5. The van der Waals surface area contributed by atoms with E-state index in [-0.39, 0.29) is 25.7 Å². The quantitative estimate of drug-likeness (QED) is 0.311. The number of alkyl carbamates (subject to hydrolysis) is 1. The van der Waals surface area contributed by atoms with Gasteiger partial charge < -0.3 is 24.8 Å². The number of nitrogens with one attached hydrogen (secondary N) is 1. The lowest BCUT2D eigenvalue weighted by Gasteiger charge is -2.31. The van der Waals surface area contributed by atoms with Crippen molar-refractivity contribution in [2.24, 2.45) is 5.41 Å². The summed E-state index contributed by atoms with van der Waals surface area (Å²) in [4.78, 5) is 52.1. The van der Waals surface area contributed by atoms with Gasteiger partial charge in [0, 0.05) is 12.5 Å². The van der Waals surface area contributed by atoms with Gasteiger partial charge in [-0.05, 0) is 33.2 Å². The van der Waals surface area contributed by atoms with Crippen molar-refractivity contribution in [1.82, 2.24) is 10.2 Å². The van der Waals surface area contributed by atoms with Crippen molar-refractivity contribution < 1.29 is 33.8 Å². The highest BCUT2D eigenvalue weighted by Gasteiger charge is 2.34. The van der Waals surface area contributed by atoms with Crippen molar-refractivity contribution in [3.63, 3.8) is 0 Å². The summed E-state index contributed by atoms with van der Waals surface area (Å²) in [6.07, 6.45) is -1.38. The molecule has 3 aromatic rings. The Kier molecular flexibility index (Phi) is 9.62. The molecule has 220 valence electrons. The van der Waals surface area contributed by atoms with Gasteiger partial charge in [-0.2, -0.15) is 0 Å². The molecule has 2 N–H and O–H groups in total. The molecule has 0 fully saturated rings. The van der Waals surface area contributed by atoms with E-state index in [4.69, 9.17) is 9.47 Å². The van der Waals surface area contributed by atoms with Crippen LogP contribution in [0.5, 0.6) is 0 Å². The summed E-state index contributed by atoms with van der Waals surface area (Å²) < 4.78 is 11.0. The average molecular weight is 573 g/mol. The van der Waals surface area contributed by atoms with E-state index < -0.39 is 48.4 Å². The van der Waals surface area contributed by atoms with Crippen LogP contribution in [0.15, 0.2) is 78.9 Å². The molecule has 4 rings (SSSR count). The Morgan fingerprint density at radius 3 is 2.00 bits per heavy atom. The van der Waals surface area contributed by atoms with E-state index in [1.165, 1.54) is 0 Å². The minimum absolute atomic E-state index is 0.00758. The van der Waals surface area contributed by atoms with Crippen LogP contribution in [0.3, 0.4) is 0 Å². The summed E-state index contributed by atoms with van der Waals surface area (Å²) in [7, 11) is 0. The van der Waals surface area contributed by atoms with Crippen LogP contribution in [-0.4, -0.2) is 59.7 Å². The second-order valence-corrected chi connectivity index (χ2v) is 11.5. The van der Waals surface area contributed by atoms with Gasteiger partial charge in [-0.3, -0.25) is 14.4 Å². The summed E-state index contributed by atoms with van der Waals surface area (Å²) in [6.45, 7) is 5.09. The molecule has 0 saturated heterocycles. The van der Waals surface area contributed by atoms with Crippen molar-refractivity contribution in [2.75, 3.05) is 19.7 Å². The van der Waals surface area contributed by atoms with Gasteiger partial charge in [0.25, 0.3) is 0 Å². The maximum absolute atomic E-state index is 13.6. The molecule has 0 unspecified atom stereocenters. The molecule has 1 aliphatic rings. The minimum atomic E-state index is -1.38. The van der Waals surface area contributed by atoms with E-state index in [1.807, 2.05) is 87.5 Å². The number of amides is 2. The fourth-order valence-electron chi connectivity index (χ4n) is 5.11. The Hall–Kier alpha value is -4.66. The first-order valence-corrected chi connectivity index (χ1v) is 13.8. The van der Waals surface area contributed by atoms with Crippen molar-refractivity contribution in [2.45, 2.75) is 45.8 Å². The third kappa shape index (κ3) is 7.96. The molecule has 42 heavy (non-hydrogen) atoms. The molecule has 0 saturated carbocycles. The maximum atomic E-state index is 13.6. The van der Waals surface area contributed by atoms with Gasteiger partial charge in [0.1, 0.15) is 25.8 Å². The van der Waals surface area contributed by atoms with Crippen LogP contribution in [0.25, 0.3) is 11.1 Å². The number of carboxylic acids is 1. The SMILES string of the molecule is CC(C)(C)CN(CC(=O)O)C(=O)[C@H](CC(=O)OCc1ccccc1)NC(=O)OCC1c2ccccc2-c2ccccc21. The smallest absolute Gasteiger partial charge is 0.407 e. The fourth-order valence-corrected chi connectivity index (χ4v) is 5.11. The number of carbonyl (C=O) groups excluding carboxylic acids is 3. The van der Waals surface area contributed by atoms with Crippen LogP contribution in [0.2, 0.25) is 0 Å². The zero-order chi connectivity index (χ0) is 30.3. The van der Waals surface area contributed by atoms with Gasteiger partial charge in [-0.15, -0.1) is 0 Å². The van der Waals surface area contributed by atoms with Gasteiger partial charge in [-0.1, -0.05) is 99.6 Å². The van der Waals surface area contributed by atoms with Crippen LogP contribution in [0.1, 0.15) is 49.8 Å². The first-order valence-electron chi connectivity index (χ1n) is 13.8. The van der Waals surface area contributed by atoms with Crippen LogP contribution < -0.4 is 5.32 Å². The molecule has 0 aliphatic heterocycles. The van der Waals surface area contributed by atoms with E-state index in [0.29, 0.717) is 0 Å². The molecule has 0 aromatic heterocycles. The van der Waals surface area contributed by atoms with Crippen LogP contribution >= 0.6 is 0 Å². The molecule has 1 aliphatic carbocycles. The van der Waals surface area contributed by atoms with E-state index in [2.05, 4.69) is 5.32 Å². The molecule has 3 aromatic carbocycles. The standard InChI is InChI=1S/C33H36N2O7/c1-33(2,3)21-35(18-29(36)37)31(39)28(17-30(38)41-19-22-11-5-4-6-12-22)34-32(40)42-20-27-25-15-9-7-13-23(25)24-14-8-10-16-26(24)27/h4-16,27-28H,17-21H2,1-3H3,(H,34,40)(H,36,37)/t28-/m0/s1. The van der Waals surface area contributed by atoms with Gasteiger partial charge in [0.2, 0.25) is 5.91 Å². The Bertz CT molecular complexity index is 1390. The lowest BCUT2D eigenvalue weighted by atomic mass is 9.95. The summed E-state index contributed by atoms with van der Waals surface area (Å²) in [6, 6.07) is 23.5. The second-order valence-electron chi connectivity index (χ2n) is 11.5. The predicted octanol–water partition coefficient (Wildman–Crippen LogP) is 4.99. The van der Waals surface area contributed by atoms with Crippen LogP contribution in [-0.2, 0) is 30.5 Å². The Morgan fingerprint density at radius 2 is 1.43 bits per heavy atom. The van der Waals surface area contributed by atoms with Gasteiger partial charge in [0.05, 0.1) is 6.42 Å². The van der Waals surface area contributed by atoms with Crippen LogP contribution in [0.4, 0.5) is 4.79 Å². The van der Waals surface area contributed by atoms with E-state index in [9.17, 15) is 24.3 Å². The largest absolute Gasteiger partial charge is 0.480 e. The molecule has 0 heterocycles. The zero-order valence-electron chi connectivity index (χ0n) is 24.0. The number of nitrogens with zero attached hydrogens (tertiary/aromatic N) is 1. The summed E-state index contributed by atoms with van der Waals surface area (Å²) in [5.41, 5.74) is 4.53. The molecule has 2 amide bonds. The number of hydrogen-bond donors (Lipinski definition) is 2. The number of ether oxygens (including phenoxy) is 2. The Morgan fingerprint density at radius 1 is 0.857 bits per heavy atom. The number of carboxylic acid groups (broad SMARTS) is 1. The maximum Gasteiger partial charge on any atom is 0.407 e. The molecule has 0 spiro atoms. The molecule has 9 nitrogen and oxygen atoms in total. The molecule has 0 radical (unpaired) electrons. The lowest BCUT2D eigenvalue weighted by Crippen LogP contribution is -2.52. The number of rotatable bonds is 11. The second kappa shape index (κ2) is 13.3. The Labute approximate surface area is 245 Å².